The van der Waals surface area contributed by atoms with Crippen LogP contribution in [0.3, 0.4) is 0 Å². The zero-order valence-corrected chi connectivity index (χ0v) is 20.5. The Balaban J connectivity index is 1.52. The number of nitrogen functional groups attached to an aromatic ring is 1. The van der Waals surface area contributed by atoms with E-state index in [1.54, 1.807) is 17.0 Å². The molecular formula is C21H18N8O6S2. The molecule has 14 nitrogen and oxygen atoms in total. The molecule has 0 aromatic carbocycles. The maximum atomic E-state index is 13.0. The maximum absolute atomic E-state index is 13.0. The number of rotatable bonds is 9. The summed E-state index contributed by atoms with van der Waals surface area (Å²) in [5.41, 5.74) is 10.9. The van der Waals surface area contributed by atoms with Crippen molar-refractivity contribution in [1.82, 2.24) is 19.6 Å². The highest BCUT2D eigenvalue weighted by Gasteiger charge is 2.53. The van der Waals surface area contributed by atoms with Crippen molar-refractivity contribution in [3.8, 4) is 12.3 Å². The number of terminal acetylenes is 1. The first kappa shape index (κ1) is 25.6. The Morgan fingerprint density at radius 2 is 2.11 bits per heavy atom. The van der Waals surface area contributed by atoms with Gasteiger partial charge in [0.15, 0.2) is 30.7 Å². The molecule has 2 aromatic heterocycles. The zero-order chi connectivity index (χ0) is 26.7. The number of pyridine rings is 1. The number of aliphatic carboxylic acids is 1. The molecule has 5 N–H and O–H groups in total. The molecule has 2 aliphatic heterocycles. The number of carbonyl (C=O) groups excluding carboxylic acids is 4. The number of primary amides is 1. The quantitative estimate of drug-likeness (QED) is 0.0728. The third-order valence-corrected chi connectivity index (χ3v) is 7.13. The molecule has 0 aliphatic carbocycles. The molecule has 0 bridgehead atoms. The van der Waals surface area contributed by atoms with Crippen LogP contribution in [0, 0.1) is 12.3 Å². The lowest BCUT2D eigenvalue weighted by atomic mass is 10.0. The fraction of sp³-hybridized carbons (Fsp3) is 0.238. The number of anilines is 1. The number of thioether (sulfide) groups is 1. The van der Waals surface area contributed by atoms with Gasteiger partial charge in [0.05, 0.1) is 17.2 Å². The van der Waals surface area contributed by atoms with Gasteiger partial charge in [0.1, 0.15) is 11.4 Å². The van der Waals surface area contributed by atoms with E-state index in [1.165, 1.54) is 23.9 Å². The fourth-order valence-corrected chi connectivity index (χ4v) is 5.37. The molecule has 2 atom stereocenters. The number of hydrogen-bond donors (Lipinski definition) is 3. The summed E-state index contributed by atoms with van der Waals surface area (Å²) in [6.07, 6.45) is 8.27. The number of carboxylic acids is 1. The van der Waals surface area contributed by atoms with Gasteiger partial charge in [-0.2, -0.15) is 9.36 Å². The molecular weight excluding hydrogens is 524 g/mol. The molecule has 0 radical (unpaired) electrons. The van der Waals surface area contributed by atoms with Crippen LogP contribution in [0.1, 0.15) is 16.2 Å². The minimum absolute atomic E-state index is 0.0829. The molecule has 1 unspecified atom stereocenters. The molecule has 4 heterocycles. The van der Waals surface area contributed by atoms with Gasteiger partial charge >= 0.3 is 0 Å². The Bertz CT molecular complexity index is 1380. The number of amides is 3. The standard InChI is InChI=1S/C21H18N8O6S2/c1-2-7-35-26-12(16-25-21(23)37-27-16)17(31)24-13-18(32)29-14(20(33)34)11(9-36-19(13)29)8-28-5-3-10(4-6-28)15(22)30/h1,3-6,13,19H,7-9H2,(H5-,22,23,24,25,27,30,31,33,34)/t13?,19-/m1/s1. The van der Waals surface area contributed by atoms with E-state index in [-0.39, 0.29) is 41.3 Å². The third kappa shape index (κ3) is 5.22. The molecule has 2 aliphatic rings. The monoisotopic (exact) mass is 542 g/mol. The number of nitrogens with two attached hydrogens (primary N) is 2. The Hall–Kier alpha value is -4.49. The van der Waals surface area contributed by atoms with Gasteiger partial charge in [-0.25, -0.2) is 4.57 Å². The van der Waals surface area contributed by atoms with E-state index < -0.39 is 35.1 Å². The molecule has 4 rings (SSSR count). The Morgan fingerprint density at radius 3 is 2.70 bits per heavy atom. The lowest BCUT2D eigenvalue weighted by molar-refractivity contribution is -0.689. The fourth-order valence-electron chi connectivity index (χ4n) is 3.60. The van der Waals surface area contributed by atoms with Crippen molar-refractivity contribution in [3.05, 3.63) is 47.2 Å². The van der Waals surface area contributed by atoms with Gasteiger partial charge in [0, 0.05) is 35.0 Å². The number of hydrogen-bond acceptors (Lipinski definition) is 12. The van der Waals surface area contributed by atoms with E-state index in [9.17, 15) is 24.3 Å². The van der Waals surface area contributed by atoms with Gasteiger partial charge < -0.3 is 31.5 Å². The van der Waals surface area contributed by atoms with Gasteiger partial charge in [0.2, 0.25) is 17.4 Å². The van der Waals surface area contributed by atoms with Crippen molar-refractivity contribution in [2.45, 2.75) is 18.0 Å². The molecule has 2 aromatic rings. The van der Waals surface area contributed by atoms with Crippen molar-refractivity contribution < 1.29 is 33.7 Å². The summed E-state index contributed by atoms with van der Waals surface area (Å²) < 4.78 is 5.57. The molecule has 3 amide bonds. The summed E-state index contributed by atoms with van der Waals surface area (Å²) in [6, 6.07) is 1.94. The van der Waals surface area contributed by atoms with Crippen molar-refractivity contribution in [1.29, 1.82) is 0 Å². The van der Waals surface area contributed by atoms with Crippen LogP contribution in [0.15, 0.2) is 41.0 Å². The van der Waals surface area contributed by atoms with E-state index in [2.05, 4.69) is 25.8 Å². The first-order valence-corrected chi connectivity index (χ1v) is 12.2. The number of β-lactam (4-membered cyclic amide) rings is 1. The summed E-state index contributed by atoms with van der Waals surface area (Å²) in [5.74, 6) is -1.28. The van der Waals surface area contributed by atoms with E-state index in [4.69, 9.17) is 22.7 Å². The number of nitrogens with one attached hydrogen (secondary N) is 1. The van der Waals surface area contributed by atoms with Gasteiger partial charge in [-0.3, -0.25) is 19.3 Å². The van der Waals surface area contributed by atoms with Gasteiger partial charge in [-0.1, -0.05) is 11.1 Å². The van der Waals surface area contributed by atoms with Crippen LogP contribution in [-0.2, 0) is 25.8 Å². The number of fused-ring (bicyclic) bond motifs is 1. The Kier molecular flexibility index (Phi) is 7.36. The smallest absolute Gasteiger partial charge is 0.278 e. The lowest BCUT2D eigenvalue weighted by Gasteiger charge is -2.50. The van der Waals surface area contributed by atoms with Crippen LogP contribution in [0.25, 0.3) is 0 Å². The molecule has 0 saturated carbocycles. The van der Waals surface area contributed by atoms with Gasteiger partial charge in [0.25, 0.3) is 11.8 Å². The molecule has 1 saturated heterocycles. The maximum Gasteiger partial charge on any atom is 0.278 e. The van der Waals surface area contributed by atoms with Crippen molar-refractivity contribution >= 4 is 57.8 Å². The number of oxime groups is 1. The predicted molar refractivity (Wildman–Crippen MR) is 128 cm³/mol. The summed E-state index contributed by atoms with van der Waals surface area (Å²) >= 11 is 2.09. The van der Waals surface area contributed by atoms with Crippen LogP contribution in [-0.4, -0.2) is 67.4 Å². The van der Waals surface area contributed by atoms with Crippen molar-refractivity contribution in [3.63, 3.8) is 0 Å². The first-order valence-electron chi connectivity index (χ1n) is 10.4. The molecule has 1 fully saturated rings. The SMILES string of the molecule is C#CCON=C(C(=O)NC1C(=O)N2C(C(=O)[O-])=C(C[n+]3ccc(C(N)=O)cc3)CS[C@H]12)c1nsc(N)n1. The molecule has 16 heteroatoms. The van der Waals surface area contributed by atoms with Crippen LogP contribution in [0.2, 0.25) is 0 Å². The third-order valence-electron chi connectivity index (χ3n) is 5.25. The molecule has 37 heavy (non-hydrogen) atoms. The van der Waals surface area contributed by atoms with E-state index >= 15 is 0 Å². The van der Waals surface area contributed by atoms with Crippen molar-refractivity contribution in [2.24, 2.45) is 10.9 Å². The second kappa shape index (κ2) is 10.6. The number of aromatic nitrogens is 3. The predicted octanol–water partition coefficient (Wildman–Crippen LogP) is -3.04. The Labute approximate surface area is 217 Å². The Morgan fingerprint density at radius 1 is 1.38 bits per heavy atom. The van der Waals surface area contributed by atoms with E-state index in [1.807, 2.05) is 0 Å². The van der Waals surface area contributed by atoms with E-state index in [0.29, 0.717) is 11.1 Å². The summed E-state index contributed by atoms with van der Waals surface area (Å²) in [4.78, 5) is 59.0. The summed E-state index contributed by atoms with van der Waals surface area (Å²) in [5, 5.41) is 17.6. The highest BCUT2D eigenvalue weighted by atomic mass is 32.2. The van der Waals surface area contributed by atoms with Crippen molar-refractivity contribution in [2.75, 3.05) is 18.1 Å². The topological polar surface area (TPSA) is 210 Å². The van der Waals surface area contributed by atoms with Gasteiger partial charge in [-0.05, 0) is 0 Å². The van der Waals surface area contributed by atoms with Gasteiger partial charge in [-0.15, -0.1) is 18.2 Å². The largest absolute Gasteiger partial charge is 0.543 e. The lowest BCUT2D eigenvalue weighted by Crippen LogP contribution is -2.71. The normalized spacial score (nSPS) is 18.9. The minimum Gasteiger partial charge on any atom is -0.543 e. The van der Waals surface area contributed by atoms with Crippen LogP contribution in [0.4, 0.5) is 5.13 Å². The van der Waals surface area contributed by atoms with Crippen LogP contribution < -0.4 is 26.5 Å². The molecule has 0 spiro atoms. The van der Waals surface area contributed by atoms with Crippen LogP contribution >= 0.6 is 23.3 Å². The second-order valence-corrected chi connectivity index (χ2v) is 9.49. The van der Waals surface area contributed by atoms with Crippen LogP contribution in [0.5, 0.6) is 0 Å². The average molecular weight is 543 g/mol. The number of nitrogens with zero attached hydrogens (tertiary/aromatic N) is 5. The second-order valence-electron chi connectivity index (χ2n) is 7.60. The minimum atomic E-state index is -1.53. The highest BCUT2D eigenvalue weighted by molar-refractivity contribution is 8.00. The summed E-state index contributed by atoms with van der Waals surface area (Å²) in [6.45, 7) is -0.0973. The highest BCUT2D eigenvalue weighted by Crippen LogP contribution is 2.40. The molecule has 190 valence electrons. The first-order chi connectivity index (χ1) is 17.7. The zero-order valence-electron chi connectivity index (χ0n) is 18.8. The average Bonchev–Trinajstić information content (AvgIpc) is 3.30. The van der Waals surface area contributed by atoms with E-state index in [0.717, 1.165) is 16.4 Å². The number of carboxylic acid groups (broad SMARTS) is 1. The summed E-state index contributed by atoms with van der Waals surface area (Å²) in [7, 11) is 0. The number of carbonyl (C=O) groups is 4.